The third-order valence-electron chi connectivity index (χ3n) is 5.47. The molecular weight excluding hydrogens is 414 g/mol. The second-order valence-electron chi connectivity index (χ2n) is 7.43. The Morgan fingerprint density at radius 1 is 1.28 bits per heavy atom. The van der Waals surface area contributed by atoms with Crippen molar-refractivity contribution in [2.45, 2.75) is 29.5 Å². The summed E-state index contributed by atoms with van der Waals surface area (Å²) in [5, 5.41) is 4.41. The molecule has 0 radical (unpaired) electrons. The molecule has 2 bridgehead atoms. The number of hydrogen-bond donors (Lipinski definition) is 1. The Morgan fingerprint density at radius 2 is 2.10 bits per heavy atom. The number of thiophene rings is 1. The minimum absolute atomic E-state index is 0.0387. The summed E-state index contributed by atoms with van der Waals surface area (Å²) in [6.07, 6.45) is 1.04. The Morgan fingerprint density at radius 3 is 2.83 bits per heavy atom. The first-order chi connectivity index (χ1) is 13.9. The lowest BCUT2D eigenvalue weighted by atomic mass is 9.84. The van der Waals surface area contributed by atoms with E-state index < -0.39 is 10.0 Å². The monoisotopic (exact) mass is 437 g/mol. The molecule has 4 heterocycles. The molecule has 2 aromatic heterocycles. The maximum Gasteiger partial charge on any atom is 0.274 e. The number of rotatable bonds is 6. The summed E-state index contributed by atoms with van der Waals surface area (Å²) in [6.45, 7) is 1.49. The number of aromatic nitrogens is 1. The van der Waals surface area contributed by atoms with Crippen LogP contribution in [0.5, 0.6) is 0 Å². The van der Waals surface area contributed by atoms with Crippen LogP contribution in [0.25, 0.3) is 0 Å². The smallest absolute Gasteiger partial charge is 0.274 e. The van der Waals surface area contributed by atoms with Gasteiger partial charge < -0.3 is 14.6 Å². The van der Waals surface area contributed by atoms with E-state index in [-0.39, 0.29) is 42.0 Å². The molecular formula is C19H23N3O5S2. The molecule has 1 saturated heterocycles. The van der Waals surface area contributed by atoms with Crippen molar-refractivity contribution in [3.05, 3.63) is 45.7 Å². The first-order valence-corrected chi connectivity index (χ1v) is 11.8. The highest BCUT2D eigenvalue weighted by Crippen LogP contribution is 2.38. The molecule has 0 spiro atoms. The first-order valence-electron chi connectivity index (χ1n) is 9.46. The average Bonchev–Trinajstić information content (AvgIpc) is 3.24. The number of methoxy groups -OCH3 is 1. The average molecular weight is 438 g/mol. The molecule has 10 heteroatoms. The normalized spacial score (nSPS) is 21.6. The van der Waals surface area contributed by atoms with E-state index in [9.17, 15) is 18.0 Å². The minimum atomic E-state index is -3.51. The van der Waals surface area contributed by atoms with E-state index in [4.69, 9.17) is 4.74 Å². The summed E-state index contributed by atoms with van der Waals surface area (Å²) in [7, 11) is -2.00. The molecule has 1 amide bonds. The van der Waals surface area contributed by atoms with Gasteiger partial charge in [0.05, 0.1) is 13.0 Å². The van der Waals surface area contributed by atoms with Crippen molar-refractivity contribution in [2.24, 2.45) is 5.92 Å². The van der Waals surface area contributed by atoms with Gasteiger partial charge in [-0.05, 0) is 35.9 Å². The minimum Gasteiger partial charge on any atom is -0.384 e. The number of carbonyl (C=O) groups is 1. The summed E-state index contributed by atoms with van der Waals surface area (Å²) in [6, 6.07) is 6.81. The largest absolute Gasteiger partial charge is 0.384 e. The number of carbonyl (C=O) groups excluding carboxylic acids is 1. The lowest BCUT2D eigenvalue weighted by Gasteiger charge is -2.42. The van der Waals surface area contributed by atoms with E-state index in [2.05, 4.69) is 5.32 Å². The van der Waals surface area contributed by atoms with Crippen LogP contribution in [-0.2, 0) is 26.1 Å². The first kappa shape index (κ1) is 20.3. The molecule has 8 nitrogen and oxygen atoms in total. The van der Waals surface area contributed by atoms with Crippen LogP contribution in [0, 0.1) is 5.92 Å². The zero-order valence-corrected chi connectivity index (χ0v) is 17.7. The number of hydrogen-bond acceptors (Lipinski definition) is 6. The molecule has 156 valence electrons. The van der Waals surface area contributed by atoms with Crippen LogP contribution in [0.4, 0.5) is 5.69 Å². The van der Waals surface area contributed by atoms with E-state index >= 15 is 0 Å². The van der Waals surface area contributed by atoms with Crippen LogP contribution in [-0.4, -0.2) is 50.0 Å². The number of nitrogens with one attached hydrogen (secondary N) is 1. The number of amides is 1. The third kappa shape index (κ3) is 3.89. The fourth-order valence-corrected chi connectivity index (χ4v) is 6.84. The Labute approximate surface area is 173 Å². The van der Waals surface area contributed by atoms with Gasteiger partial charge in [0.15, 0.2) is 0 Å². The molecule has 2 aliphatic heterocycles. The summed E-state index contributed by atoms with van der Waals surface area (Å²) in [4.78, 5) is 24.8. The number of fused-ring (bicyclic) bond motifs is 4. The van der Waals surface area contributed by atoms with Crippen molar-refractivity contribution >= 4 is 33.0 Å². The predicted octanol–water partition coefficient (Wildman–Crippen LogP) is 1.69. The Balaban J connectivity index is 1.58. The van der Waals surface area contributed by atoms with Gasteiger partial charge in [0.1, 0.15) is 9.90 Å². The number of anilines is 1. The highest BCUT2D eigenvalue weighted by molar-refractivity contribution is 7.91. The Hall–Kier alpha value is -2.01. The zero-order chi connectivity index (χ0) is 20.6. The zero-order valence-electron chi connectivity index (χ0n) is 16.0. The summed E-state index contributed by atoms with van der Waals surface area (Å²) >= 11 is 1.22. The van der Waals surface area contributed by atoms with Gasteiger partial charge in [0, 0.05) is 38.4 Å². The third-order valence-corrected chi connectivity index (χ3v) is 8.67. The van der Waals surface area contributed by atoms with E-state index in [1.807, 2.05) is 6.07 Å². The van der Waals surface area contributed by atoms with Gasteiger partial charge in [-0.25, -0.2) is 8.42 Å². The van der Waals surface area contributed by atoms with Crippen LogP contribution < -0.4 is 10.9 Å². The van der Waals surface area contributed by atoms with Gasteiger partial charge in [-0.1, -0.05) is 6.07 Å². The van der Waals surface area contributed by atoms with E-state index in [0.29, 0.717) is 23.8 Å². The molecule has 0 aromatic carbocycles. The highest BCUT2D eigenvalue weighted by Gasteiger charge is 2.40. The standard InChI is InChI=1S/C19H23N3O5S2/c1-27-7-6-17(23)20-15-4-5-16-14-9-13(11-22(16)19(15)24)10-21(12-14)29(25,26)18-3-2-8-28-18/h2-5,8,13-14H,6-7,9-12H2,1H3,(H,20,23). The van der Waals surface area contributed by atoms with Crippen LogP contribution in [0.1, 0.15) is 24.5 Å². The van der Waals surface area contributed by atoms with Gasteiger partial charge in [0.2, 0.25) is 5.91 Å². The SMILES string of the molecule is COCCC(=O)Nc1ccc2n(c1=O)CC1CC2CN(S(=O)(=O)c2cccs2)C1. The summed E-state index contributed by atoms with van der Waals surface area (Å²) in [5.74, 6) is -0.245. The maximum atomic E-state index is 12.9. The Bertz CT molecular complexity index is 1060. The summed E-state index contributed by atoms with van der Waals surface area (Å²) < 4.78 is 34.3. The van der Waals surface area contributed by atoms with Crippen molar-refractivity contribution in [1.29, 1.82) is 0 Å². The molecule has 2 aromatic rings. The topological polar surface area (TPSA) is 97.7 Å². The maximum absolute atomic E-state index is 12.9. The molecule has 2 aliphatic rings. The lowest BCUT2D eigenvalue weighted by Crippen LogP contribution is -2.49. The van der Waals surface area contributed by atoms with Crippen molar-refractivity contribution in [3.63, 3.8) is 0 Å². The fourth-order valence-electron chi connectivity index (χ4n) is 4.14. The molecule has 0 aliphatic carbocycles. The van der Waals surface area contributed by atoms with Crippen molar-refractivity contribution in [3.8, 4) is 0 Å². The molecule has 1 fully saturated rings. The van der Waals surface area contributed by atoms with E-state index in [0.717, 1.165) is 12.1 Å². The van der Waals surface area contributed by atoms with Crippen molar-refractivity contribution in [2.75, 3.05) is 32.1 Å². The van der Waals surface area contributed by atoms with Gasteiger partial charge in [0.25, 0.3) is 15.6 Å². The van der Waals surface area contributed by atoms with Crippen LogP contribution in [0.2, 0.25) is 0 Å². The molecule has 2 unspecified atom stereocenters. The number of piperidine rings is 1. The van der Waals surface area contributed by atoms with Crippen molar-refractivity contribution < 1.29 is 17.9 Å². The van der Waals surface area contributed by atoms with Crippen molar-refractivity contribution in [1.82, 2.24) is 8.87 Å². The van der Waals surface area contributed by atoms with Gasteiger partial charge in [-0.3, -0.25) is 9.59 Å². The second kappa shape index (κ2) is 8.02. The summed E-state index contributed by atoms with van der Waals surface area (Å²) in [5.41, 5.74) is 0.836. The second-order valence-corrected chi connectivity index (χ2v) is 10.5. The number of sulfonamides is 1. The molecule has 4 rings (SSSR count). The molecule has 1 N–H and O–H groups in total. The van der Waals surface area contributed by atoms with Crippen LogP contribution >= 0.6 is 11.3 Å². The van der Waals surface area contributed by atoms with Gasteiger partial charge in [-0.15, -0.1) is 11.3 Å². The van der Waals surface area contributed by atoms with Crippen LogP contribution in [0.3, 0.4) is 0 Å². The highest BCUT2D eigenvalue weighted by atomic mass is 32.2. The lowest BCUT2D eigenvalue weighted by molar-refractivity contribution is -0.117. The molecule has 0 saturated carbocycles. The van der Waals surface area contributed by atoms with E-state index in [1.54, 1.807) is 32.5 Å². The quantitative estimate of drug-likeness (QED) is 0.742. The Kier molecular flexibility index (Phi) is 5.60. The van der Waals surface area contributed by atoms with E-state index in [1.165, 1.54) is 18.4 Å². The van der Waals surface area contributed by atoms with Crippen LogP contribution in [0.15, 0.2) is 38.6 Å². The molecule has 29 heavy (non-hydrogen) atoms. The number of pyridine rings is 1. The van der Waals surface area contributed by atoms with Gasteiger partial charge in [-0.2, -0.15) is 4.31 Å². The number of nitrogens with zero attached hydrogens (tertiary/aromatic N) is 2. The molecule has 2 atom stereocenters. The number of ether oxygens (including phenoxy) is 1. The fraction of sp³-hybridized carbons (Fsp3) is 0.474. The predicted molar refractivity (Wildman–Crippen MR) is 110 cm³/mol. The van der Waals surface area contributed by atoms with Gasteiger partial charge >= 0.3 is 0 Å².